The van der Waals surface area contributed by atoms with Crippen LogP contribution in [0, 0.1) is 5.92 Å². The van der Waals surface area contributed by atoms with E-state index in [0.717, 1.165) is 17.7 Å². The Hall–Kier alpha value is -10.4. The van der Waals surface area contributed by atoms with Gasteiger partial charge in [-0.15, -0.1) is 0 Å². The van der Waals surface area contributed by atoms with Crippen LogP contribution >= 0.6 is 11.6 Å². The highest BCUT2D eigenvalue weighted by molar-refractivity contribution is 6.30. The maximum absolute atomic E-state index is 15.1. The van der Waals surface area contributed by atoms with Crippen LogP contribution in [0.1, 0.15) is 115 Å². The molecule has 2 aliphatic heterocycles. The molecule has 4 aromatic carbocycles. The monoisotopic (exact) mass is 1430 g/mol. The van der Waals surface area contributed by atoms with E-state index in [2.05, 4.69) is 63.5 Å². The van der Waals surface area contributed by atoms with Crippen molar-refractivity contribution in [3.8, 4) is 5.75 Å². The minimum atomic E-state index is -1.84. The zero-order valence-electron chi connectivity index (χ0n) is 57.7. The van der Waals surface area contributed by atoms with Crippen LogP contribution in [0.15, 0.2) is 96.0 Å². The second-order valence-electron chi connectivity index (χ2n) is 25.8. The van der Waals surface area contributed by atoms with Crippen molar-refractivity contribution in [2.24, 2.45) is 28.1 Å². The van der Waals surface area contributed by atoms with Gasteiger partial charge in [0.2, 0.25) is 76.8 Å². The van der Waals surface area contributed by atoms with E-state index in [1.54, 1.807) is 44.2 Å². The molecule has 6 rings (SSSR count). The first kappa shape index (κ1) is 80.5. The van der Waals surface area contributed by atoms with Crippen LogP contribution in [0.25, 0.3) is 10.8 Å². The number of phenolic OH excluding ortho intramolecular Hbond substituents is 1. The maximum atomic E-state index is 15.1. The van der Waals surface area contributed by atoms with E-state index in [0.29, 0.717) is 28.1 Å². The standard InChI is InChI=1S/C70H95ClN16O15/c1-39(2)33-52(63(96)81-51(14-9-30-77-70(73)74)69(102)87-32-10-15-57(87)68(101)78-40(3)60(72)93)82-66(99)55(37-44-16-21-45-11-5-6-12-46(45)34-44)84-65(98)54(36-43-19-24-48(90)25-20-43)85-67(100)56(38-88)86-61(94)49-13-7-8-29-75-59(92)28-31-76-58(91)27-26-50(79-41(4)89)62(95)83-53(64(97)80-49)35-42-17-22-47(71)23-18-42/h5-6,11-12,16-25,34,39-40,49-57,88,90H,7-10,13-15,26-33,35-38H2,1-4H3,(H2,72,93)(H,75,92)(H,76,91)(H,78,101)(H,79,89)(H,80,97)(H,81,96)(H,82,99)(H,83,95)(H,84,98)(H,85,100)(H,86,94)(H4,73,74,77)/t40-,49-,50-,51+,52+,53-,54+,55-,56+,57+/m1/s1. The second-order valence-corrected chi connectivity index (χ2v) is 26.3. The number of amides is 13. The van der Waals surface area contributed by atoms with Crippen LogP contribution in [-0.2, 0) is 81.6 Å². The fourth-order valence-electron chi connectivity index (χ4n) is 11.7. The molecule has 2 saturated heterocycles. The normalized spacial score (nSPS) is 18.9. The number of halogens is 1. The zero-order valence-corrected chi connectivity index (χ0v) is 58.4. The second kappa shape index (κ2) is 40.1. The molecule has 0 spiro atoms. The number of nitrogens with two attached hydrogens (primary N) is 3. The average molecular weight is 1440 g/mol. The number of guanidine groups is 1. The summed E-state index contributed by atoms with van der Waals surface area (Å²) in [7, 11) is 0. The third-order valence-corrected chi connectivity index (χ3v) is 17.4. The smallest absolute Gasteiger partial charge is 0.245 e. The van der Waals surface area contributed by atoms with Crippen molar-refractivity contribution >= 4 is 105 Å². The van der Waals surface area contributed by atoms with Gasteiger partial charge in [0.25, 0.3) is 0 Å². The van der Waals surface area contributed by atoms with Gasteiger partial charge in [-0.2, -0.15) is 0 Å². The molecule has 2 aliphatic rings. The molecule has 0 bridgehead atoms. The molecule has 0 aliphatic carbocycles. The van der Waals surface area contributed by atoms with Crippen molar-refractivity contribution < 1.29 is 72.5 Å². The van der Waals surface area contributed by atoms with Gasteiger partial charge in [0.15, 0.2) is 5.96 Å². The molecule has 10 atom stereocenters. The van der Waals surface area contributed by atoms with Crippen LogP contribution in [0.2, 0.25) is 5.02 Å². The number of hydrogen-bond donors (Lipinski definition) is 16. The molecule has 0 aromatic heterocycles. The number of aliphatic imine (C=N–C) groups is 1. The van der Waals surface area contributed by atoms with Crippen molar-refractivity contribution in [3.63, 3.8) is 0 Å². The fourth-order valence-corrected chi connectivity index (χ4v) is 11.8. The van der Waals surface area contributed by atoms with Crippen molar-refractivity contribution in [2.45, 2.75) is 178 Å². The molecule has 19 N–H and O–H groups in total. The molecule has 552 valence electrons. The van der Waals surface area contributed by atoms with Crippen molar-refractivity contribution in [2.75, 3.05) is 32.8 Å². The molecule has 2 fully saturated rings. The van der Waals surface area contributed by atoms with E-state index >= 15 is 9.59 Å². The lowest BCUT2D eigenvalue weighted by molar-refractivity contribution is -0.142. The number of nitrogens with one attached hydrogen (secondary N) is 11. The molecule has 0 radical (unpaired) electrons. The third kappa shape index (κ3) is 26.3. The Morgan fingerprint density at radius 2 is 1.23 bits per heavy atom. The van der Waals surface area contributed by atoms with E-state index in [4.69, 9.17) is 28.8 Å². The Bertz CT molecular complexity index is 3650. The highest BCUT2D eigenvalue weighted by Gasteiger charge is 2.40. The first-order chi connectivity index (χ1) is 48.6. The quantitative estimate of drug-likeness (QED) is 0.0180. The Morgan fingerprint density at radius 3 is 1.87 bits per heavy atom. The number of carbonyl (C=O) groups is 13. The number of rotatable bonds is 28. The number of aliphatic hydroxyl groups is 1. The number of carbonyl (C=O) groups excluding carboxylic acids is 13. The number of aromatic hydroxyl groups is 1. The van der Waals surface area contributed by atoms with E-state index in [1.807, 2.05) is 36.4 Å². The highest BCUT2D eigenvalue weighted by atomic mass is 35.5. The van der Waals surface area contributed by atoms with Crippen LogP contribution < -0.4 is 75.7 Å². The first-order valence-electron chi connectivity index (χ1n) is 34.1. The van der Waals surface area contributed by atoms with E-state index in [9.17, 15) is 63.0 Å². The summed E-state index contributed by atoms with van der Waals surface area (Å²) in [6.07, 6.45) is -0.145. The molecular formula is C70H95ClN16O15. The van der Waals surface area contributed by atoms with Crippen LogP contribution in [0.5, 0.6) is 5.75 Å². The Balaban J connectivity index is 1.30. The maximum Gasteiger partial charge on any atom is 0.245 e. The molecule has 0 saturated carbocycles. The average Bonchev–Trinajstić information content (AvgIpc) is 1.54. The fraction of sp³-hybridized carbons (Fsp3) is 0.486. The number of benzene rings is 4. The molecule has 13 amide bonds. The summed E-state index contributed by atoms with van der Waals surface area (Å²) in [6, 6.07) is 10.7. The predicted octanol–water partition coefficient (Wildman–Crippen LogP) is -1.22. The number of nitrogens with zero attached hydrogens (tertiary/aromatic N) is 2. The molecule has 31 nitrogen and oxygen atoms in total. The summed E-state index contributed by atoms with van der Waals surface area (Å²) in [4.78, 5) is 186. The zero-order chi connectivity index (χ0) is 74.6. The van der Waals surface area contributed by atoms with Crippen molar-refractivity contribution in [1.82, 2.24) is 63.4 Å². The summed E-state index contributed by atoms with van der Waals surface area (Å²) < 4.78 is 0. The predicted molar refractivity (Wildman–Crippen MR) is 377 cm³/mol. The summed E-state index contributed by atoms with van der Waals surface area (Å²) in [5.41, 5.74) is 18.0. The van der Waals surface area contributed by atoms with E-state index < -0.39 is 144 Å². The topological polar surface area (TPSA) is 488 Å². The van der Waals surface area contributed by atoms with E-state index in [-0.39, 0.29) is 127 Å². The van der Waals surface area contributed by atoms with Gasteiger partial charge in [-0.1, -0.05) is 92.2 Å². The summed E-state index contributed by atoms with van der Waals surface area (Å²) in [5, 5.41) is 52.3. The number of phenols is 1. The van der Waals surface area contributed by atoms with Crippen LogP contribution in [-0.4, -0.2) is 191 Å². The number of primary amides is 1. The van der Waals surface area contributed by atoms with Gasteiger partial charge in [-0.05, 0) is 122 Å². The summed E-state index contributed by atoms with van der Waals surface area (Å²) in [5.74, 6) is -10.7. The highest BCUT2D eigenvalue weighted by Crippen LogP contribution is 2.23. The van der Waals surface area contributed by atoms with Gasteiger partial charge in [-0.25, -0.2) is 0 Å². The van der Waals surface area contributed by atoms with Gasteiger partial charge in [0, 0.05) is 70.2 Å². The number of hydrogen-bond acceptors (Lipinski definition) is 16. The third-order valence-electron chi connectivity index (χ3n) is 17.1. The van der Waals surface area contributed by atoms with Crippen LogP contribution in [0.3, 0.4) is 0 Å². The lowest BCUT2D eigenvalue weighted by Crippen LogP contribution is -2.61. The Labute approximate surface area is 595 Å². The SMILES string of the molecule is CC(=O)N[C@@H]1CCC(=O)NCCC(=O)NCCCC[C@H](C(=O)N[C@@H](CO)C(=O)N[C@@H](Cc2ccc(O)cc2)C(=O)N[C@H](Cc2ccc3ccccc3c2)C(=O)N[C@@H](CC(C)C)C(=O)N[C@@H](CCCN=C(N)N)C(=O)N2CCC[C@H]2C(=O)N[C@H](C)C(N)=O)NC(=O)[C@@H](Cc2ccc(Cl)cc2)NC1=O. The lowest BCUT2D eigenvalue weighted by atomic mass is 9.98. The molecule has 0 unspecified atom stereocenters. The Morgan fingerprint density at radius 1 is 0.627 bits per heavy atom. The van der Waals surface area contributed by atoms with E-state index in [1.165, 1.54) is 36.1 Å². The van der Waals surface area contributed by atoms with Gasteiger partial charge in [0.1, 0.15) is 66.2 Å². The number of likely N-dealkylation sites (tertiary alicyclic amines) is 1. The Kier molecular flexibility index (Phi) is 31.7. The molecule has 102 heavy (non-hydrogen) atoms. The van der Waals surface area contributed by atoms with Crippen molar-refractivity contribution in [1.29, 1.82) is 0 Å². The lowest BCUT2D eigenvalue weighted by Gasteiger charge is -2.31. The number of fused-ring (bicyclic) bond motifs is 1. The summed E-state index contributed by atoms with van der Waals surface area (Å²) in [6.45, 7) is 5.35. The molecule has 32 heteroatoms. The van der Waals surface area contributed by atoms with Crippen molar-refractivity contribution in [3.05, 3.63) is 113 Å². The van der Waals surface area contributed by atoms with Gasteiger partial charge in [-0.3, -0.25) is 67.3 Å². The molecule has 4 aromatic rings. The van der Waals surface area contributed by atoms with Gasteiger partial charge < -0.3 is 90.8 Å². The largest absolute Gasteiger partial charge is 0.508 e. The minimum absolute atomic E-state index is 0.00247. The number of aliphatic hydroxyl groups excluding tert-OH is 1. The minimum Gasteiger partial charge on any atom is -0.508 e. The first-order valence-corrected chi connectivity index (χ1v) is 34.4. The van der Waals surface area contributed by atoms with Gasteiger partial charge in [0.05, 0.1) is 6.61 Å². The molecule has 2 heterocycles. The molecular weight excluding hydrogens is 1340 g/mol. The van der Waals surface area contributed by atoms with Crippen LogP contribution in [0.4, 0.5) is 0 Å². The summed E-state index contributed by atoms with van der Waals surface area (Å²) >= 11 is 6.18. The van der Waals surface area contributed by atoms with Gasteiger partial charge >= 0.3 is 0 Å².